The van der Waals surface area contributed by atoms with Gasteiger partial charge in [0.15, 0.2) is 17.8 Å². The maximum Gasteiger partial charge on any atom is 0.416 e. The molecule has 1 atom stereocenters. The van der Waals surface area contributed by atoms with E-state index >= 15 is 0 Å². The lowest BCUT2D eigenvalue weighted by Crippen LogP contribution is -2.50. The summed E-state index contributed by atoms with van der Waals surface area (Å²) < 4.78 is 56.2. The number of aliphatic hydroxyl groups is 1. The first-order valence-corrected chi connectivity index (χ1v) is 13.4. The van der Waals surface area contributed by atoms with Crippen LogP contribution in [0.25, 0.3) is 17.1 Å². The largest absolute Gasteiger partial charge is 0.465 e. The molecule has 2 aromatic carbocycles. The molecule has 5 rings (SSSR count). The minimum absolute atomic E-state index is 0.0477. The van der Waals surface area contributed by atoms with Crippen molar-refractivity contribution in [3.05, 3.63) is 81.5 Å². The summed E-state index contributed by atoms with van der Waals surface area (Å²) in [7, 11) is 0. The van der Waals surface area contributed by atoms with Crippen LogP contribution in [0.4, 0.5) is 22.4 Å². The average Bonchev–Trinajstić information content (AvgIpc) is 3.54. The number of halogens is 5. The SMILES string of the molecule is O=C(O)N1CCN(C(=O)c2nc(Cn3nc(-c4ccc(Cl)cc4)n(CC(O)C(F)(F)F)c3=O)nn2-c2cccc(F)c2)CC1. The molecule has 44 heavy (non-hydrogen) atoms. The van der Waals surface area contributed by atoms with Gasteiger partial charge >= 0.3 is 18.0 Å². The molecule has 0 aliphatic carbocycles. The number of rotatable bonds is 7. The van der Waals surface area contributed by atoms with Gasteiger partial charge in [-0.25, -0.2) is 28.3 Å². The van der Waals surface area contributed by atoms with E-state index in [-0.39, 0.29) is 54.9 Å². The molecule has 2 amide bonds. The zero-order chi connectivity index (χ0) is 31.8. The van der Waals surface area contributed by atoms with Crippen LogP contribution in [0.15, 0.2) is 53.3 Å². The molecular formula is C26H23ClF4N8O5. The van der Waals surface area contributed by atoms with Crippen LogP contribution in [0.3, 0.4) is 0 Å². The molecule has 2 aromatic heterocycles. The number of aromatic nitrogens is 6. The lowest BCUT2D eigenvalue weighted by Gasteiger charge is -2.32. The van der Waals surface area contributed by atoms with Gasteiger partial charge in [-0.2, -0.15) is 13.2 Å². The number of hydrogen-bond acceptors (Lipinski definition) is 7. The van der Waals surface area contributed by atoms with Gasteiger partial charge in [-0.15, -0.1) is 10.2 Å². The molecule has 3 heterocycles. The van der Waals surface area contributed by atoms with Gasteiger partial charge in [-0.1, -0.05) is 17.7 Å². The third-order valence-corrected chi connectivity index (χ3v) is 7.03. The maximum atomic E-state index is 14.1. The Bertz CT molecular complexity index is 1750. The van der Waals surface area contributed by atoms with E-state index in [1.807, 2.05) is 0 Å². The molecule has 1 unspecified atom stereocenters. The summed E-state index contributed by atoms with van der Waals surface area (Å²) in [6.45, 7) is -1.47. The number of nitrogens with zero attached hydrogens (tertiary/aromatic N) is 8. The van der Waals surface area contributed by atoms with Crippen LogP contribution in [0, 0.1) is 5.82 Å². The van der Waals surface area contributed by atoms with Gasteiger partial charge in [0.1, 0.15) is 12.4 Å². The summed E-state index contributed by atoms with van der Waals surface area (Å²) in [6.07, 6.45) is -9.03. The van der Waals surface area contributed by atoms with E-state index < -0.39 is 48.9 Å². The van der Waals surface area contributed by atoms with Crippen molar-refractivity contribution in [1.29, 1.82) is 0 Å². The minimum atomic E-state index is -5.02. The molecule has 2 N–H and O–H groups in total. The van der Waals surface area contributed by atoms with Crippen molar-refractivity contribution in [1.82, 2.24) is 38.9 Å². The number of piperazine rings is 1. The van der Waals surface area contributed by atoms with Crippen molar-refractivity contribution in [3.63, 3.8) is 0 Å². The van der Waals surface area contributed by atoms with Gasteiger partial charge in [0.2, 0.25) is 5.82 Å². The van der Waals surface area contributed by atoms with E-state index in [1.54, 1.807) is 0 Å². The highest BCUT2D eigenvalue weighted by molar-refractivity contribution is 6.30. The Kier molecular flexibility index (Phi) is 8.42. The molecule has 1 fully saturated rings. The Balaban J connectivity index is 1.53. The number of alkyl halides is 3. The molecule has 1 aliphatic heterocycles. The molecule has 0 radical (unpaired) electrons. The van der Waals surface area contributed by atoms with Gasteiger partial charge in [0.25, 0.3) is 5.91 Å². The normalized spacial score (nSPS) is 14.6. The van der Waals surface area contributed by atoms with Crippen molar-refractivity contribution in [2.45, 2.75) is 25.4 Å². The summed E-state index contributed by atoms with van der Waals surface area (Å²) in [5.74, 6) is -1.92. The van der Waals surface area contributed by atoms with Crippen molar-refractivity contribution >= 4 is 23.6 Å². The zero-order valence-corrected chi connectivity index (χ0v) is 23.3. The fourth-order valence-electron chi connectivity index (χ4n) is 4.52. The molecule has 13 nitrogen and oxygen atoms in total. The van der Waals surface area contributed by atoms with Crippen LogP contribution in [0.2, 0.25) is 5.02 Å². The van der Waals surface area contributed by atoms with Crippen LogP contribution < -0.4 is 5.69 Å². The number of benzene rings is 2. The number of carbonyl (C=O) groups excluding carboxylic acids is 1. The Morgan fingerprint density at radius 2 is 1.66 bits per heavy atom. The number of aliphatic hydroxyl groups excluding tert-OH is 1. The summed E-state index contributed by atoms with van der Waals surface area (Å²) in [5.41, 5.74) is -0.684. The number of amides is 2. The number of carbonyl (C=O) groups is 2. The Morgan fingerprint density at radius 1 is 1.00 bits per heavy atom. The van der Waals surface area contributed by atoms with E-state index in [0.717, 1.165) is 20.3 Å². The van der Waals surface area contributed by atoms with Crippen molar-refractivity contribution in [2.24, 2.45) is 0 Å². The summed E-state index contributed by atoms with van der Waals surface area (Å²) >= 11 is 5.92. The molecular weight excluding hydrogens is 616 g/mol. The molecule has 0 bridgehead atoms. The molecule has 4 aromatic rings. The predicted octanol–water partition coefficient (Wildman–Crippen LogP) is 2.49. The first kappa shape index (κ1) is 30.7. The molecule has 18 heteroatoms. The molecule has 1 saturated heterocycles. The Morgan fingerprint density at radius 3 is 2.27 bits per heavy atom. The molecule has 0 saturated carbocycles. The van der Waals surface area contributed by atoms with Crippen molar-refractivity contribution in [2.75, 3.05) is 26.2 Å². The fourth-order valence-corrected chi connectivity index (χ4v) is 4.65. The van der Waals surface area contributed by atoms with Crippen molar-refractivity contribution in [3.8, 4) is 17.1 Å². The minimum Gasteiger partial charge on any atom is -0.465 e. The quantitative estimate of drug-likeness (QED) is 0.293. The van der Waals surface area contributed by atoms with Crippen LogP contribution >= 0.6 is 11.6 Å². The van der Waals surface area contributed by atoms with E-state index in [0.29, 0.717) is 9.59 Å². The first-order valence-electron chi connectivity index (χ1n) is 13.0. The monoisotopic (exact) mass is 638 g/mol. The van der Waals surface area contributed by atoms with Crippen LogP contribution in [-0.2, 0) is 13.1 Å². The highest BCUT2D eigenvalue weighted by Crippen LogP contribution is 2.24. The van der Waals surface area contributed by atoms with Crippen LogP contribution in [0.1, 0.15) is 16.4 Å². The van der Waals surface area contributed by atoms with Crippen LogP contribution in [-0.4, -0.2) is 99.6 Å². The Hall–Kier alpha value is -4.77. The topological polar surface area (TPSA) is 152 Å². The molecule has 1 aliphatic rings. The third kappa shape index (κ3) is 6.42. The van der Waals surface area contributed by atoms with Crippen LogP contribution in [0.5, 0.6) is 0 Å². The third-order valence-electron chi connectivity index (χ3n) is 6.78. The highest BCUT2D eigenvalue weighted by Gasteiger charge is 2.39. The molecule has 232 valence electrons. The lowest BCUT2D eigenvalue weighted by atomic mass is 10.2. The van der Waals surface area contributed by atoms with Gasteiger partial charge < -0.3 is 20.0 Å². The van der Waals surface area contributed by atoms with Gasteiger partial charge in [0.05, 0.1) is 12.2 Å². The first-order chi connectivity index (χ1) is 20.8. The second kappa shape index (κ2) is 12.1. The number of carboxylic acid groups (broad SMARTS) is 1. The smallest absolute Gasteiger partial charge is 0.416 e. The van der Waals surface area contributed by atoms with E-state index in [9.17, 15) is 42.2 Å². The van der Waals surface area contributed by atoms with E-state index in [4.69, 9.17) is 11.6 Å². The van der Waals surface area contributed by atoms with E-state index in [2.05, 4.69) is 15.2 Å². The predicted molar refractivity (Wildman–Crippen MR) is 145 cm³/mol. The second-order valence-corrected chi connectivity index (χ2v) is 10.2. The fraction of sp³-hybridized carbons (Fsp3) is 0.308. The Labute approximate surface area is 250 Å². The maximum absolute atomic E-state index is 14.1. The zero-order valence-electron chi connectivity index (χ0n) is 22.5. The van der Waals surface area contributed by atoms with Gasteiger partial charge in [0, 0.05) is 36.8 Å². The second-order valence-electron chi connectivity index (χ2n) is 9.74. The number of hydrogen-bond donors (Lipinski definition) is 2. The summed E-state index contributed by atoms with van der Waals surface area (Å²) in [4.78, 5) is 44.8. The highest BCUT2D eigenvalue weighted by atomic mass is 35.5. The summed E-state index contributed by atoms with van der Waals surface area (Å²) in [6, 6.07) is 10.9. The average molecular weight is 639 g/mol. The standard InChI is InChI=1S/C26H23ClF4N8O5/c27-16-6-4-15(5-7-16)21-34-38(24(42)37(21)13-19(40)26(29,30)31)14-20-32-22(39(33-20)18-3-1-2-17(28)12-18)23(41)35-8-10-36(11-9-35)25(43)44/h1-7,12,19,40H,8-11,13-14H2,(H,43,44). The molecule has 0 spiro atoms. The van der Waals surface area contributed by atoms with Gasteiger partial charge in [-0.05, 0) is 42.5 Å². The summed E-state index contributed by atoms with van der Waals surface area (Å²) in [5, 5.41) is 27.7. The van der Waals surface area contributed by atoms with E-state index in [1.165, 1.54) is 47.4 Å². The lowest BCUT2D eigenvalue weighted by molar-refractivity contribution is -0.207. The van der Waals surface area contributed by atoms with Gasteiger partial charge in [-0.3, -0.25) is 9.36 Å². The van der Waals surface area contributed by atoms with Crippen molar-refractivity contribution < 1.29 is 37.4 Å².